The molecule has 8 rings (SSSR count). The number of hydrogen-bond donors (Lipinski definition) is 6. The molecule has 54 heavy (non-hydrogen) atoms. The fourth-order valence-electron chi connectivity index (χ4n) is 12.4. The number of fused-ring (bicyclic) bond motifs is 9. The predicted molar refractivity (Wildman–Crippen MR) is 179 cm³/mol. The van der Waals surface area contributed by atoms with Crippen LogP contribution in [0.15, 0.2) is 11.1 Å². The van der Waals surface area contributed by atoms with Gasteiger partial charge in [-0.2, -0.15) is 0 Å². The third-order valence-corrected chi connectivity index (χ3v) is 15.1. The van der Waals surface area contributed by atoms with Gasteiger partial charge in [0.25, 0.3) is 0 Å². The topological polar surface area (TPSA) is 244 Å². The lowest BCUT2D eigenvalue weighted by Gasteiger charge is -2.63. The Kier molecular flexibility index (Phi) is 9.40. The molecule has 0 aromatic carbocycles. The molecule has 302 valence electrons. The molecule has 0 aromatic rings. The second-order valence-electron chi connectivity index (χ2n) is 17.7. The number of aliphatic hydroxyl groups excluding tert-OH is 5. The van der Waals surface area contributed by atoms with Gasteiger partial charge in [0.1, 0.15) is 60.5 Å². The highest BCUT2D eigenvalue weighted by molar-refractivity contribution is 5.90. The van der Waals surface area contributed by atoms with Crippen molar-refractivity contribution in [3.63, 3.8) is 0 Å². The molecule has 16 heteroatoms. The SMILES string of the molecule is CC(=O)O[C@H]1C[C@H]2[C@@H]([C@@H]3O[C@@H]3[C@@]3(O)C[C@@H]4O[C@@H]4[C@H](OC(C)=O)[C@]23C)[C@@H]2C[C@H](O)[C@H]([C@H](C)[C@H]3CC(C)=C(CO[C@@H]4O[C@@H](CO)[C@@H](O)[C@H](O)[C@H]4O)C(=O)O3)[C@@]12C. The number of carbonyl (C=O) groups is 3. The lowest BCUT2D eigenvalue weighted by molar-refractivity contribution is -0.299. The second kappa shape index (κ2) is 13.1. The van der Waals surface area contributed by atoms with Gasteiger partial charge >= 0.3 is 17.9 Å². The van der Waals surface area contributed by atoms with Crippen molar-refractivity contribution in [2.24, 2.45) is 40.4 Å². The van der Waals surface area contributed by atoms with E-state index < -0.39 is 114 Å². The maximum absolute atomic E-state index is 13.5. The van der Waals surface area contributed by atoms with Gasteiger partial charge in [-0.15, -0.1) is 0 Å². The summed E-state index contributed by atoms with van der Waals surface area (Å²) in [7, 11) is 0. The molecule has 3 saturated heterocycles. The zero-order valence-corrected chi connectivity index (χ0v) is 31.4. The van der Waals surface area contributed by atoms with Gasteiger partial charge in [0.2, 0.25) is 0 Å². The van der Waals surface area contributed by atoms with E-state index in [9.17, 15) is 45.0 Å². The highest BCUT2D eigenvalue weighted by atomic mass is 16.7. The summed E-state index contributed by atoms with van der Waals surface area (Å²) in [5, 5.41) is 64.7. The average Bonchev–Trinajstić information content (AvgIpc) is 4.02. The molecule has 4 aliphatic carbocycles. The molecule has 0 unspecified atom stereocenters. The van der Waals surface area contributed by atoms with Gasteiger partial charge in [0.05, 0.1) is 37.1 Å². The minimum Gasteiger partial charge on any atom is -0.462 e. The minimum atomic E-state index is -1.63. The smallest absolute Gasteiger partial charge is 0.336 e. The first-order chi connectivity index (χ1) is 25.4. The van der Waals surface area contributed by atoms with E-state index in [0.29, 0.717) is 31.3 Å². The molecule has 7 fully saturated rings. The van der Waals surface area contributed by atoms with Crippen molar-refractivity contribution < 1.29 is 78.2 Å². The van der Waals surface area contributed by atoms with E-state index in [1.165, 1.54) is 13.8 Å². The van der Waals surface area contributed by atoms with Crippen molar-refractivity contribution in [2.75, 3.05) is 13.2 Å². The Morgan fingerprint density at radius 2 is 1.65 bits per heavy atom. The van der Waals surface area contributed by atoms with E-state index in [2.05, 4.69) is 0 Å². The van der Waals surface area contributed by atoms with E-state index in [1.54, 1.807) is 6.92 Å². The Balaban J connectivity index is 1.06. The van der Waals surface area contributed by atoms with E-state index in [-0.39, 0.29) is 48.2 Å². The molecule has 0 spiro atoms. The Morgan fingerprint density at radius 3 is 2.30 bits per heavy atom. The summed E-state index contributed by atoms with van der Waals surface area (Å²) in [4.78, 5) is 38.8. The molecule has 0 bridgehead atoms. The number of ether oxygens (including phenoxy) is 7. The molecule has 4 saturated carbocycles. The monoisotopic (exact) mass is 766 g/mol. The fourth-order valence-corrected chi connectivity index (χ4v) is 12.4. The largest absolute Gasteiger partial charge is 0.462 e. The molecular weight excluding hydrogens is 712 g/mol. The van der Waals surface area contributed by atoms with Crippen LogP contribution in [0.1, 0.15) is 67.2 Å². The molecule has 6 N–H and O–H groups in total. The Labute approximate surface area is 313 Å². The highest BCUT2D eigenvalue weighted by Gasteiger charge is 2.84. The van der Waals surface area contributed by atoms with Gasteiger partial charge < -0.3 is 63.8 Å². The number of esters is 3. The van der Waals surface area contributed by atoms with Crippen LogP contribution < -0.4 is 0 Å². The number of hydrogen-bond acceptors (Lipinski definition) is 16. The third kappa shape index (κ3) is 5.49. The predicted octanol–water partition coefficient (Wildman–Crippen LogP) is -0.737. The van der Waals surface area contributed by atoms with Crippen LogP contribution in [0.4, 0.5) is 0 Å². The van der Waals surface area contributed by atoms with Crippen molar-refractivity contribution in [1.82, 2.24) is 0 Å². The van der Waals surface area contributed by atoms with Crippen LogP contribution in [-0.2, 0) is 47.5 Å². The van der Waals surface area contributed by atoms with Crippen LogP contribution in [0, 0.1) is 40.4 Å². The van der Waals surface area contributed by atoms with Crippen molar-refractivity contribution in [3.05, 3.63) is 11.1 Å². The van der Waals surface area contributed by atoms with Crippen LogP contribution in [0.2, 0.25) is 0 Å². The van der Waals surface area contributed by atoms with Crippen molar-refractivity contribution in [3.8, 4) is 0 Å². The summed E-state index contributed by atoms with van der Waals surface area (Å²) in [6, 6.07) is 0. The second-order valence-corrected chi connectivity index (χ2v) is 17.7. The van der Waals surface area contributed by atoms with E-state index >= 15 is 0 Å². The molecule has 21 atom stereocenters. The molecule has 16 nitrogen and oxygen atoms in total. The normalized spacial score (nSPS) is 53.5. The third-order valence-electron chi connectivity index (χ3n) is 15.1. The van der Waals surface area contributed by atoms with Crippen molar-refractivity contribution in [2.45, 2.75) is 152 Å². The van der Waals surface area contributed by atoms with Gasteiger partial charge in [-0.3, -0.25) is 9.59 Å². The van der Waals surface area contributed by atoms with Crippen LogP contribution in [-0.4, -0.2) is 147 Å². The molecule has 0 radical (unpaired) electrons. The summed E-state index contributed by atoms with van der Waals surface area (Å²) in [6.45, 7) is 9.42. The summed E-state index contributed by atoms with van der Waals surface area (Å²) < 4.78 is 41.6. The van der Waals surface area contributed by atoms with Gasteiger partial charge in [-0.05, 0) is 43.4 Å². The number of aliphatic hydroxyl groups is 6. The van der Waals surface area contributed by atoms with E-state index in [0.717, 1.165) is 0 Å². The minimum absolute atomic E-state index is 0.168. The van der Waals surface area contributed by atoms with Crippen LogP contribution in [0.3, 0.4) is 0 Å². The van der Waals surface area contributed by atoms with Gasteiger partial charge in [0.15, 0.2) is 6.29 Å². The number of carbonyl (C=O) groups excluding carboxylic acids is 3. The van der Waals surface area contributed by atoms with Gasteiger partial charge in [0, 0.05) is 43.4 Å². The molecule has 4 aliphatic heterocycles. The summed E-state index contributed by atoms with van der Waals surface area (Å²) in [6.07, 6.45) is -10.5. The fraction of sp³-hybridized carbons (Fsp3) is 0.868. The molecule has 8 aliphatic rings. The van der Waals surface area contributed by atoms with Crippen LogP contribution in [0.5, 0.6) is 0 Å². The molecule has 4 heterocycles. The zero-order valence-electron chi connectivity index (χ0n) is 31.4. The first-order valence-electron chi connectivity index (χ1n) is 19.3. The Bertz CT molecular complexity index is 1580. The Morgan fingerprint density at radius 1 is 0.944 bits per heavy atom. The quantitative estimate of drug-likeness (QED) is 0.101. The zero-order chi connectivity index (χ0) is 39.0. The number of epoxide rings is 2. The van der Waals surface area contributed by atoms with E-state index in [4.69, 9.17) is 33.2 Å². The van der Waals surface area contributed by atoms with Crippen molar-refractivity contribution in [1.29, 1.82) is 0 Å². The van der Waals surface area contributed by atoms with Gasteiger partial charge in [-0.25, -0.2) is 4.79 Å². The first-order valence-corrected chi connectivity index (χ1v) is 19.3. The molecule has 0 aromatic heterocycles. The molecular formula is C38H54O16. The van der Waals surface area contributed by atoms with Crippen molar-refractivity contribution >= 4 is 17.9 Å². The summed E-state index contributed by atoms with van der Waals surface area (Å²) in [5.41, 5.74) is -2.29. The van der Waals surface area contributed by atoms with Crippen LogP contribution >= 0.6 is 0 Å². The maximum Gasteiger partial charge on any atom is 0.336 e. The summed E-state index contributed by atoms with van der Waals surface area (Å²) in [5.74, 6) is -3.22. The maximum atomic E-state index is 13.5. The van der Waals surface area contributed by atoms with Gasteiger partial charge in [-0.1, -0.05) is 26.3 Å². The van der Waals surface area contributed by atoms with E-state index in [1.807, 2.05) is 20.8 Å². The number of cyclic esters (lactones) is 1. The molecule has 0 amide bonds. The lowest BCUT2D eigenvalue weighted by atomic mass is 9.41. The number of rotatable bonds is 8. The standard InChI is InChI=1S/C38H54O16/c1-13-7-21(52-34(46)17(13)12-48-35-29(45)28(44)27(43)23(11-39)53-35)14(2)26-20(42)8-18-25-19(9-24(36(18,26)5)49-15(3)40)37(6)32(50-16(4)41)30-22(51-30)10-38(37,47)33-31(25)54-33/h14,18-33,35,39,42-45,47H,7-12H2,1-6H3/t14-,18+,19+,20+,21-,22+,23+,24+,25+,26+,27-,28+,29-,30+,31+,32+,33+,35-,36-,37+,38+/m1/s1. The Hall–Kier alpha value is -2.25. The lowest BCUT2D eigenvalue weighted by Crippen LogP contribution is -2.72. The average molecular weight is 767 g/mol. The first kappa shape index (κ1) is 38.6. The summed E-state index contributed by atoms with van der Waals surface area (Å²) >= 11 is 0. The highest BCUT2D eigenvalue weighted by Crippen LogP contribution is 2.74. The van der Waals surface area contributed by atoms with Crippen LogP contribution in [0.25, 0.3) is 0 Å².